The van der Waals surface area contributed by atoms with E-state index in [1.54, 1.807) is 0 Å². The van der Waals surface area contributed by atoms with Crippen molar-refractivity contribution in [1.29, 1.82) is 0 Å². The van der Waals surface area contributed by atoms with E-state index < -0.39 is 5.97 Å². The summed E-state index contributed by atoms with van der Waals surface area (Å²) in [5.74, 6) is -0.968. The standard InChI is InChI=1S/C11H13BrN2O4/c1-5(15)14-10-7(13)3-6(4-8(16)18-2)11(17)9(10)12/h3,17H,4,13H2,1-2H3,(H,14,15). The number of rotatable bonds is 3. The zero-order valence-corrected chi connectivity index (χ0v) is 11.5. The third-order valence-corrected chi connectivity index (χ3v) is 2.99. The Morgan fingerprint density at radius 2 is 2.17 bits per heavy atom. The van der Waals surface area contributed by atoms with Crippen molar-refractivity contribution in [1.82, 2.24) is 0 Å². The lowest BCUT2D eigenvalue weighted by Crippen LogP contribution is -2.11. The van der Waals surface area contributed by atoms with Crippen LogP contribution in [0.15, 0.2) is 10.5 Å². The van der Waals surface area contributed by atoms with Crippen LogP contribution in [0.2, 0.25) is 0 Å². The third-order valence-electron chi connectivity index (χ3n) is 2.21. The monoisotopic (exact) mass is 316 g/mol. The second-order valence-electron chi connectivity index (χ2n) is 3.60. The summed E-state index contributed by atoms with van der Waals surface area (Å²) in [6.07, 6.45) is -0.106. The summed E-state index contributed by atoms with van der Waals surface area (Å²) in [5.41, 5.74) is 6.58. The van der Waals surface area contributed by atoms with E-state index in [1.807, 2.05) is 0 Å². The minimum atomic E-state index is -0.496. The molecule has 18 heavy (non-hydrogen) atoms. The second-order valence-corrected chi connectivity index (χ2v) is 4.39. The number of phenolic OH excluding ortho intramolecular Hbond substituents is 1. The van der Waals surface area contributed by atoms with E-state index in [0.717, 1.165) is 0 Å². The molecule has 0 fully saturated rings. The molecule has 0 unspecified atom stereocenters. The Labute approximate surface area is 112 Å². The molecule has 1 rings (SSSR count). The van der Waals surface area contributed by atoms with E-state index >= 15 is 0 Å². The fourth-order valence-corrected chi connectivity index (χ4v) is 1.96. The molecule has 0 aromatic heterocycles. The quantitative estimate of drug-likeness (QED) is 0.444. The maximum atomic E-state index is 11.2. The number of methoxy groups -OCH3 is 1. The highest BCUT2D eigenvalue weighted by Gasteiger charge is 2.17. The topological polar surface area (TPSA) is 102 Å². The van der Waals surface area contributed by atoms with Crippen molar-refractivity contribution in [3.8, 4) is 5.75 Å². The Balaban J connectivity index is 3.19. The summed E-state index contributed by atoms with van der Waals surface area (Å²) in [6.45, 7) is 1.32. The van der Waals surface area contributed by atoms with Gasteiger partial charge in [-0.15, -0.1) is 0 Å². The Bertz CT molecular complexity index is 502. The van der Waals surface area contributed by atoms with Gasteiger partial charge < -0.3 is 20.9 Å². The number of hydrogen-bond donors (Lipinski definition) is 3. The number of phenols is 1. The molecule has 0 atom stereocenters. The molecule has 7 heteroatoms. The molecular formula is C11H13BrN2O4. The van der Waals surface area contributed by atoms with E-state index in [1.165, 1.54) is 20.1 Å². The smallest absolute Gasteiger partial charge is 0.310 e. The van der Waals surface area contributed by atoms with Gasteiger partial charge >= 0.3 is 5.97 Å². The highest BCUT2D eigenvalue weighted by atomic mass is 79.9. The number of hydrogen-bond acceptors (Lipinski definition) is 5. The fourth-order valence-electron chi connectivity index (χ4n) is 1.38. The summed E-state index contributed by atoms with van der Waals surface area (Å²) >= 11 is 3.13. The number of halogens is 1. The molecule has 0 aliphatic heterocycles. The molecule has 0 aliphatic rings. The lowest BCUT2D eigenvalue weighted by molar-refractivity contribution is -0.139. The van der Waals surface area contributed by atoms with Crippen molar-refractivity contribution in [2.24, 2.45) is 0 Å². The summed E-state index contributed by atoms with van der Waals surface area (Å²) in [7, 11) is 1.25. The Hall–Kier alpha value is -1.76. The van der Waals surface area contributed by atoms with Gasteiger partial charge in [-0.05, 0) is 22.0 Å². The van der Waals surface area contributed by atoms with Crippen LogP contribution in [0.5, 0.6) is 5.75 Å². The van der Waals surface area contributed by atoms with E-state index in [0.29, 0.717) is 5.56 Å². The number of nitrogen functional groups attached to an aromatic ring is 1. The van der Waals surface area contributed by atoms with Crippen LogP contribution in [0.4, 0.5) is 11.4 Å². The molecule has 1 aromatic carbocycles. The van der Waals surface area contributed by atoms with Crippen LogP contribution in [-0.4, -0.2) is 24.1 Å². The van der Waals surface area contributed by atoms with Gasteiger partial charge in [0.25, 0.3) is 0 Å². The van der Waals surface area contributed by atoms with Gasteiger partial charge in [0.1, 0.15) is 5.75 Å². The predicted octanol–water partition coefficient (Wildman–Crippen LogP) is 1.41. The van der Waals surface area contributed by atoms with Crippen molar-refractivity contribution in [2.75, 3.05) is 18.2 Å². The van der Waals surface area contributed by atoms with Gasteiger partial charge in [-0.1, -0.05) is 0 Å². The molecule has 0 saturated heterocycles. The zero-order chi connectivity index (χ0) is 13.9. The van der Waals surface area contributed by atoms with Gasteiger partial charge in [0.05, 0.1) is 29.4 Å². The van der Waals surface area contributed by atoms with Gasteiger partial charge in [-0.3, -0.25) is 9.59 Å². The molecule has 0 radical (unpaired) electrons. The highest BCUT2D eigenvalue weighted by molar-refractivity contribution is 9.10. The van der Waals surface area contributed by atoms with Gasteiger partial charge in [-0.2, -0.15) is 0 Å². The average molecular weight is 317 g/mol. The van der Waals surface area contributed by atoms with Gasteiger partial charge in [0.2, 0.25) is 5.91 Å². The molecule has 0 aliphatic carbocycles. The lowest BCUT2D eigenvalue weighted by Gasteiger charge is -2.13. The van der Waals surface area contributed by atoms with Crippen molar-refractivity contribution in [3.05, 3.63) is 16.1 Å². The van der Waals surface area contributed by atoms with Crippen molar-refractivity contribution in [3.63, 3.8) is 0 Å². The summed E-state index contributed by atoms with van der Waals surface area (Å²) in [6, 6.07) is 1.42. The third kappa shape index (κ3) is 3.13. The average Bonchev–Trinajstić information content (AvgIpc) is 2.31. The molecule has 1 amide bonds. The zero-order valence-electron chi connectivity index (χ0n) is 9.91. The second kappa shape index (κ2) is 5.72. The van der Waals surface area contributed by atoms with E-state index in [-0.39, 0.29) is 33.9 Å². The van der Waals surface area contributed by atoms with Crippen LogP contribution in [0.3, 0.4) is 0 Å². The maximum absolute atomic E-state index is 11.2. The van der Waals surface area contributed by atoms with Crippen molar-refractivity contribution < 1.29 is 19.4 Å². The number of ether oxygens (including phenoxy) is 1. The molecule has 4 N–H and O–H groups in total. The number of anilines is 2. The molecule has 98 valence electrons. The predicted molar refractivity (Wildman–Crippen MR) is 70.2 cm³/mol. The number of esters is 1. The molecule has 6 nitrogen and oxygen atoms in total. The van der Waals surface area contributed by atoms with Gasteiger partial charge in [0.15, 0.2) is 0 Å². The van der Waals surface area contributed by atoms with Crippen LogP contribution in [0, 0.1) is 0 Å². The largest absolute Gasteiger partial charge is 0.506 e. The maximum Gasteiger partial charge on any atom is 0.310 e. The Morgan fingerprint density at radius 1 is 1.56 bits per heavy atom. The summed E-state index contributed by atoms with van der Waals surface area (Å²) < 4.78 is 4.74. The first-order valence-electron chi connectivity index (χ1n) is 5.01. The number of amides is 1. The SMILES string of the molecule is COC(=O)Cc1cc(N)c(NC(C)=O)c(Br)c1O. The van der Waals surface area contributed by atoms with Gasteiger partial charge in [0, 0.05) is 12.5 Å². The van der Waals surface area contributed by atoms with Crippen LogP contribution < -0.4 is 11.1 Å². The lowest BCUT2D eigenvalue weighted by atomic mass is 10.1. The minimum Gasteiger partial charge on any atom is -0.506 e. The number of carbonyl (C=O) groups excluding carboxylic acids is 2. The van der Waals surface area contributed by atoms with E-state index in [2.05, 4.69) is 26.0 Å². The summed E-state index contributed by atoms with van der Waals surface area (Å²) in [5, 5.41) is 12.4. The van der Waals surface area contributed by atoms with E-state index in [4.69, 9.17) is 5.73 Å². The molecule has 1 aromatic rings. The van der Waals surface area contributed by atoms with Crippen LogP contribution in [0.1, 0.15) is 12.5 Å². The fraction of sp³-hybridized carbons (Fsp3) is 0.273. The van der Waals surface area contributed by atoms with Crippen LogP contribution in [-0.2, 0) is 20.7 Å². The first kappa shape index (κ1) is 14.3. The number of nitrogens with one attached hydrogen (secondary N) is 1. The number of benzene rings is 1. The molecule has 0 heterocycles. The van der Waals surface area contributed by atoms with Crippen LogP contribution in [0.25, 0.3) is 0 Å². The van der Waals surface area contributed by atoms with Crippen LogP contribution >= 0.6 is 15.9 Å². The molecule has 0 saturated carbocycles. The highest BCUT2D eigenvalue weighted by Crippen LogP contribution is 2.39. The Morgan fingerprint density at radius 3 is 2.67 bits per heavy atom. The first-order valence-corrected chi connectivity index (χ1v) is 5.80. The van der Waals surface area contributed by atoms with Crippen molar-refractivity contribution >= 4 is 39.2 Å². The number of nitrogens with two attached hydrogens (primary N) is 1. The number of carbonyl (C=O) groups is 2. The van der Waals surface area contributed by atoms with Crippen molar-refractivity contribution in [2.45, 2.75) is 13.3 Å². The molecule has 0 bridgehead atoms. The Kier molecular flexibility index (Phi) is 4.55. The molecular weight excluding hydrogens is 304 g/mol. The summed E-state index contributed by atoms with van der Waals surface area (Å²) in [4.78, 5) is 22.2. The number of aromatic hydroxyl groups is 1. The minimum absolute atomic E-state index is 0.106. The van der Waals surface area contributed by atoms with E-state index in [9.17, 15) is 14.7 Å². The normalized spacial score (nSPS) is 9.94. The van der Waals surface area contributed by atoms with Gasteiger partial charge in [-0.25, -0.2) is 0 Å². The first-order chi connectivity index (χ1) is 8.36. The molecule has 0 spiro atoms.